The Hall–Kier alpha value is -1.52. The van der Waals surface area contributed by atoms with Crippen LogP contribution in [0.4, 0.5) is 0 Å². The number of hydrogen-bond donors (Lipinski definition) is 2. The lowest BCUT2D eigenvalue weighted by atomic mass is 10.2. The van der Waals surface area contributed by atoms with Crippen LogP contribution < -0.4 is 0 Å². The van der Waals surface area contributed by atoms with Gasteiger partial charge in [-0.2, -0.15) is 5.10 Å². The third-order valence-corrected chi connectivity index (χ3v) is 2.79. The molecule has 0 saturated heterocycles. The van der Waals surface area contributed by atoms with E-state index in [0.29, 0.717) is 22.8 Å². The molecule has 1 aromatic heterocycles. The molecule has 17 heavy (non-hydrogen) atoms. The van der Waals surface area contributed by atoms with Crippen molar-refractivity contribution in [1.29, 1.82) is 0 Å². The van der Waals surface area contributed by atoms with Crippen LogP contribution in [0.25, 0.3) is 0 Å². The Labute approximate surface area is 104 Å². The molecule has 90 valence electrons. The van der Waals surface area contributed by atoms with Gasteiger partial charge in [0.25, 0.3) is 0 Å². The molecule has 0 aliphatic rings. The van der Waals surface area contributed by atoms with Gasteiger partial charge in [-0.3, -0.25) is 4.68 Å². The first-order valence-electron chi connectivity index (χ1n) is 5.21. The Morgan fingerprint density at radius 1 is 1.35 bits per heavy atom. The molecule has 2 aromatic rings. The van der Waals surface area contributed by atoms with E-state index in [1.165, 1.54) is 0 Å². The minimum atomic E-state index is -0.0879. The first kappa shape index (κ1) is 12.0. The van der Waals surface area contributed by atoms with Crippen LogP contribution in [-0.2, 0) is 13.2 Å². The maximum absolute atomic E-state index is 9.70. The average Bonchev–Trinajstić information content (AvgIpc) is 2.65. The lowest BCUT2D eigenvalue weighted by Crippen LogP contribution is -2.04. The van der Waals surface area contributed by atoms with Crippen molar-refractivity contribution >= 4 is 11.6 Å². The van der Waals surface area contributed by atoms with Gasteiger partial charge in [-0.25, -0.2) is 0 Å². The Balaban J connectivity index is 2.30. The predicted octanol–water partition coefficient (Wildman–Crippen LogP) is 2.09. The highest BCUT2D eigenvalue weighted by atomic mass is 35.5. The SMILES string of the molecule is Cc1cc(CO)nn1Cc1cc(Cl)ccc1O. The summed E-state index contributed by atoms with van der Waals surface area (Å²) >= 11 is 5.87. The maximum Gasteiger partial charge on any atom is 0.120 e. The van der Waals surface area contributed by atoms with E-state index in [0.717, 1.165) is 5.69 Å². The van der Waals surface area contributed by atoms with Gasteiger partial charge in [0, 0.05) is 16.3 Å². The zero-order valence-corrected chi connectivity index (χ0v) is 10.1. The molecule has 2 N–H and O–H groups in total. The fourth-order valence-corrected chi connectivity index (χ4v) is 1.85. The highest BCUT2D eigenvalue weighted by Gasteiger charge is 2.07. The molecule has 1 aromatic carbocycles. The normalized spacial score (nSPS) is 10.8. The van der Waals surface area contributed by atoms with Crippen molar-refractivity contribution in [2.75, 3.05) is 0 Å². The number of benzene rings is 1. The van der Waals surface area contributed by atoms with E-state index in [1.54, 1.807) is 22.9 Å². The van der Waals surface area contributed by atoms with Crippen molar-refractivity contribution in [1.82, 2.24) is 9.78 Å². The highest BCUT2D eigenvalue weighted by molar-refractivity contribution is 6.30. The zero-order valence-electron chi connectivity index (χ0n) is 9.39. The molecule has 1 heterocycles. The minimum absolute atomic E-state index is 0.0879. The lowest BCUT2D eigenvalue weighted by molar-refractivity contribution is 0.275. The summed E-state index contributed by atoms with van der Waals surface area (Å²) in [4.78, 5) is 0. The van der Waals surface area contributed by atoms with E-state index in [-0.39, 0.29) is 12.4 Å². The zero-order chi connectivity index (χ0) is 12.4. The molecular weight excluding hydrogens is 240 g/mol. The molecule has 0 unspecified atom stereocenters. The Bertz CT molecular complexity index is 537. The van der Waals surface area contributed by atoms with Crippen molar-refractivity contribution in [3.8, 4) is 5.75 Å². The first-order chi connectivity index (χ1) is 8.10. The largest absolute Gasteiger partial charge is 0.508 e. The lowest BCUT2D eigenvalue weighted by Gasteiger charge is -2.07. The van der Waals surface area contributed by atoms with Crippen molar-refractivity contribution in [2.24, 2.45) is 0 Å². The standard InChI is InChI=1S/C12H13ClN2O2/c1-8-4-11(7-16)14-15(8)6-9-5-10(13)2-3-12(9)17/h2-5,16-17H,6-7H2,1H3. The van der Waals surface area contributed by atoms with Crippen LogP contribution in [0.5, 0.6) is 5.75 Å². The number of hydrogen-bond acceptors (Lipinski definition) is 3. The summed E-state index contributed by atoms with van der Waals surface area (Å²) in [6.07, 6.45) is 0. The van der Waals surface area contributed by atoms with Gasteiger partial charge >= 0.3 is 0 Å². The van der Waals surface area contributed by atoms with Gasteiger partial charge in [-0.15, -0.1) is 0 Å². The van der Waals surface area contributed by atoms with E-state index in [2.05, 4.69) is 5.10 Å². The van der Waals surface area contributed by atoms with E-state index in [4.69, 9.17) is 16.7 Å². The molecule has 5 heteroatoms. The first-order valence-corrected chi connectivity index (χ1v) is 5.59. The summed E-state index contributed by atoms with van der Waals surface area (Å²) < 4.78 is 1.72. The number of aryl methyl sites for hydroxylation is 1. The smallest absolute Gasteiger partial charge is 0.120 e. The summed E-state index contributed by atoms with van der Waals surface area (Å²) in [5, 5.41) is 23.5. The molecule has 0 radical (unpaired) electrons. The summed E-state index contributed by atoms with van der Waals surface area (Å²) in [7, 11) is 0. The number of halogens is 1. The predicted molar refractivity (Wildman–Crippen MR) is 65.1 cm³/mol. The van der Waals surface area contributed by atoms with E-state index in [1.807, 2.05) is 13.0 Å². The van der Waals surface area contributed by atoms with Crippen molar-refractivity contribution < 1.29 is 10.2 Å². The quantitative estimate of drug-likeness (QED) is 0.880. The van der Waals surface area contributed by atoms with Crippen molar-refractivity contribution in [2.45, 2.75) is 20.1 Å². The summed E-state index contributed by atoms with van der Waals surface area (Å²) in [5.41, 5.74) is 2.24. The van der Waals surface area contributed by atoms with Crippen LogP contribution >= 0.6 is 11.6 Å². The number of phenols is 1. The number of aromatic hydroxyl groups is 1. The third kappa shape index (κ3) is 2.60. The van der Waals surface area contributed by atoms with Crippen LogP contribution in [0.15, 0.2) is 24.3 Å². The van der Waals surface area contributed by atoms with Crippen molar-refractivity contribution in [3.63, 3.8) is 0 Å². The second-order valence-electron chi connectivity index (χ2n) is 3.87. The van der Waals surface area contributed by atoms with Gasteiger partial charge in [0.2, 0.25) is 0 Å². The van der Waals surface area contributed by atoms with Gasteiger partial charge in [-0.05, 0) is 31.2 Å². The molecule has 0 saturated carbocycles. The van der Waals surface area contributed by atoms with Gasteiger partial charge in [0.15, 0.2) is 0 Å². The molecule has 0 bridgehead atoms. The van der Waals surface area contributed by atoms with Crippen molar-refractivity contribution in [3.05, 3.63) is 46.2 Å². The molecule has 0 spiro atoms. The van der Waals surface area contributed by atoms with Crippen LogP contribution in [0, 0.1) is 6.92 Å². The average molecular weight is 253 g/mol. The third-order valence-electron chi connectivity index (χ3n) is 2.56. The van der Waals surface area contributed by atoms with Gasteiger partial charge in [0.1, 0.15) is 5.75 Å². The molecule has 0 fully saturated rings. The second-order valence-corrected chi connectivity index (χ2v) is 4.30. The monoisotopic (exact) mass is 252 g/mol. The minimum Gasteiger partial charge on any atom is -0.508 e. The molecule has 2 rings (SSSR count). The van der Waals surface area contributed by atoms with Crippen LogP contribution in [0.2, 0.25) is 5.02 Å². The fraction of sp³-hybridized carbons (Fsp3) is 0.250. The molecule has 0 amide bonds. The Morgan fingerprint density at radius 3 is 2.76 bits per heavy atom. The summed E-state index contributed by atoms with van der Waals surface area (Å²) in [6.45, 7) is 2.24. The Morgan fingerprint density at radius 2 is 2.12 bits per heavy atom. The molecule has 0 aliphatic carbocycles. The molecule has 0 atom stereocenters. The van der Waals surface area contributed by atoms with Crippen LogP contribution in [0.3, 0.4) is 0 Å². The summed E-state index contributed by atoms with van der Waals surface area (Å²) in [6, 6.07) is 6.71. The highest BCUT2D eigenvalue weighted by Crippen LogP contribution is 2.22. The second kappa shape index (κ2) is 4.77. The fourth-order valence-electron chi connectivity index (χ4n) is 1.66. The number of aromatic nitrogens is 2. The topological polar surface area (TPSA) is 58.3 Å². The molecule has 4 nitrogen and oxygen atoms in total. The number of rotatable bonds is 3. The van der Waals surface area contributed by atoms with Gasteiger partial charge < -0.3 is 10.2 Å². The summed E-state index contributed by atoms with van der Waals surface area (Å²) in [5.74, 6) is 0.190. The number of aliphatic hydroxyl groups excluding tert-OH is 1. The number of phenolic OH excluding ortho intramolecular Hbond substituents is 1. The van der Waals surface area contributed by atoms with Gasteiger partial charge in [0.05, 0.1) is 18.8 Å². The van der Waals surface area contributed by atoms with E-state index >= 15 is 0 Å². The van der Waals surface area contributed by atoms with Gasteiger partial charge in [-0.1, -0.05) is 11.6 Å². The van der Waals surface area contributed by atoms with Crippen LogP contribution in [0.1, 0.15) is 17.0 Å². The van der Waals surface area contributed by atoms with E-state index < -0.39 is 0 Å². The molecule has 0 aliphatic heterocycles. The maximum atomic E-state index is 9.70. The number of nitrogens with zero attached hydrogens (tertiary/aromatic N) is 2. The van der Waals surface area contributed by atoms with E-state index in [9.17, 15) is 5.11 Å². The molecular formula is C12H13ClN2O2. The number of aliphatic hydroxyl groups is 1. The van der Waals surface area contributed by atoms with Crippen LogP contribution in [-0.4, -0.2) is 20.0 Å². The Kier molecular flexibility index (Phi) is 3.36.